The van der Waals surface area contributed by atoms with Gasteiger partial charge in [0, 0.05) is 32.9 Å². The molecule has 3 heterocycles. The summed E-state index contributed by atoms with van der Waals surface area (Å²) < 4.78 is 2.11. The van der Waals surface area contributed by atoms with Gasteiger partial charge in [0.1, 0.15) is 0 Å². The number of nitrogens with one attached hydrogen (secondary N) is 1. The van der Waals surface area contributed by atoms with Crippen LogP contribution in [0.15, 0.2) is 12.5 Å². The predicted octanol–water partition coefficient (Wildman–Crippen LogP) is 1.34. The smallest absolute Gasteiger partial charge is 0.0945 e. The Bertz CT molecular complexity index is 454. The second kappa shape index (κ2) is 3.81. The van der Waals surface area contributed by atoms with E-state index in [-0.39, 0.29) is 0 Å². The topological polar surface area (TPSA) is 32.9 Å². The Morgan fingerprint density at radius 3 is 3.17 bits per heavy atom. The molecule has 1 aromatic rings. The maximum absolute atomic E-state index is 4.19. The van der Waals surface area contributed by atoms with E-state index in [9.17, 15) is 0 Å². The molecule has 18 heavy (non-hydrogen) atoms. The average Bonchev–Trinajstić information content (AvgIpc) is 2.68. The fraction of sp³-hybridized carbons (Fsp3) is 0.786. The van der Waals surface area contributed by atoms with Crippen molar-refractivity contribution in [1.82, 2.24) is 19.8 Å². The van der Waals surface area contributed by atoms with Gasteiger partial charge in [-0.2, -0.15) is 0 Å². The number of aromatic nitrogens is 2. The zero-order valence-electron chi connectivity index (χ0n) is 11.1. The molecular weight excluding hydrogens is 224 g/mol. The first-order valence-electron chi connectivity index (χ1n) is 7.20. The van der Waals surface area contributed by atoms with Gasteiger partial charge in [0.2, 0.25) is 0 Å². The van der Waals surface area contributed by atoms with E-state index >= 15 is 0 Å². The number of nitrogens with zero attached hydrogens (tertiary/aromatic N) is 3. The number of hydrogen-bond acceptors (Lipinski definition) is 3. The van der Waals surface area contributed by atoms with Crippen molar-refractivity contribution in [2.75, 3.05) is 13.1 Å². The van der Waals surface area contributed by atoms with Crippen LogP contribution in [0.4, 0.5) is 0 Å². The summed E-state index contributed by atoms with van der Waals surface area (Å²) in [5.41, 5.74) is 1.62. The number of imidazole rings is 1. The lowest BCUT2D eigenvalue weighted by molar-refractivity contribution is 0.282. The van der Waals surface area contributed by atoms with Crippen molar-refractivity contribution in [2.45, 2.75) is 37.9 Å². The lowest BCUT2D eigenvalue weighted by Crippen LogP contribution is -2.38. The van der Waals surface area contributed by atoms with Gasteiger partial charge in [0.05, 0.1) is 17.7 Å². The molecule has 3 fully saturated rings. The molecule has 0 spiro atoms. The van der Waals surface area contributed by atoms with E-state index in [0.29, 0.717) is 5.66 Å². The largest absolute Gasteiger partial charge is 0.337 e. The van der Waals surface area contributed by atoms with Crippen molar-refractivity contribution in [3.8, 4) is 0 Å². The van der Waals surface area contributed by atoms with Gasteiger partial charge in [-0.15, -0.1) is 0 Å². The van der Waals surface area contributed by atoms with Crippen LogP contribution in [-0.2, 0) is 13.6 Å². The molecule has 2 saturated heterocycles. The van der Waals surface area contributed by atoms with E-state index in [1.165, 1.54) is 44.5 Å². The molecule has 1 aromatic heterocycles. The lowest BCUT2D eigenvalue weighted by atomic mass is 9.98. The molecule has 4 rings (SSSR count). The van der Waals surface area contributed by atoms with Crippen LogP contribution in [0.5, 0.6) is 0 Å². The Morgan fingerprint density at radius 2 is 2.33 bits per heavy atom. The molecule has 3 aliphatic rings. The SMILES string of the molecule is Cn1cncc1CNC12CC3CCC(C3)CN1C2. The van der Waals surface area contributed by atoms with Crippen LogP contribution in [0.3, 0.4) is 0 Å². The van der Waals surface area contributed by atoms with Crippen molar-refractivity contribution in [2.24, 2.45) is 18.9 Å². The third-order valence-corrected chi connectivity index (χ3v) is 5.22. The molecule has 98 valence electrons. The molecule has 4 heteroatoms. The molecule has 1 saturated carbocycles. The van der Waals surface area contributed by atoms with Crippen molar-refractivity contribution in [3.05, 3.63) is 18.2 Å². The maximum atomic E-state index is 4.19. The molecule has 2 bridgehead atoms. The standard InChI is InChI=1S/C14H22N4/c1-17-10-15-6-13(17)7-16-14-5-11-2-3-12(4-11)8-18(14)9-14/h6,10-12,16H,2-5,7-9H2,1H3. The monoisotopic (exact) mass is 246 g/mol. The fourth-order valence-electron chi connectivity index (χ4n) is 4.08. The summed E-state index contributed by atoms with van der Waals surface area (Å²) in [6.45, 7) is 3.54. The van der Waals surface area contributed by atoms with Crippen molar-refractivity contribution < 1.29 is 0 Å². The Labute approximate surface area is 108 Å². The average molecular weight is 246 g/mol. The highest BCUT2D eigenvalue weighted by molar-refractivity contribution is 5.11. The molecule has 1 N–H and O–H groups in total. The van der Waals surface area contributed by atoms with Gasteiger partial charge in [-0.3, -0.25) is 10.2 Å². The van der Waals surface area contributed by atoms with Crippen molar-refractivity contribution in [1.29, 1.82) is 0 Å². The number of aryl methyl sites for hydroxylation is 1. The van der Waals surface area contributed by atoms with Crippen LogP contribution in [0, 0.1) is 11.8 Å². The van der Waals surface area contributed by atoms with Crippen LogP contribution >= 0.6 is 0 Å². The molecule has 4 nitrogen and oxygen atoms in total. The van der Waals surface area contributed by atoms with E-state index in [0.717, 1.165) is 18.4 Å². The second-order valence-electron chi connectivity index (χ2n) is 6.51. The van der Waals surface area contributed by atoms with E-state index in [4.69, 9.17) is 0 Å². The first-order valence-corrected chi connectivity index (χ1v) is 7.20. The summed E-state index contributed by atoms with van der Waals surface area (Å²) in [5.74, 6) is 1.96. The van der Waals surface area contributed by atoms with Crippen LogP contribution < -0.4 is 5.32 Å². The fourth-order valence-corrected chi connectivity index (χ4v) is 4.08. The molecule has 4 atom stereocenters. The number of fused-ring (bicyclic) bond motifs is 3. The summed E-state index contributed by atoms with van der Waals surface area (Å²) in [6, 6.07) is 0. The van der Waals surface area contributed by atoms with Gasteiger partial charge in [-0.1, -0.05) is 6.42 Å². The third kappa shape index (κ3) is 1.70. The summed E-state index contributed by atoms with van der Waals surface area (Å²) in [6.07, 6.45) is 9.63. The van der Waals surface area contributed by atoms with Crippen molar-refractivity contribution >= 4 is 0 Å². The van der Waals surface area contributed by atoms with E-state index in [1.807, 2.05) is 12.5 Å². The van der Waals surface area contributed by atoms with E-state index in [1.54, 1.807) is 0 Å². The van der Waals surface area contributed by atoms with Crippen LogP contribution in [0.1, 0.15) is 31.4 Å². The second-order valence-corrected chi connectivity index (χ2v) is 6.51. The number of hydrogen-bond donors (Lipinski definition) is 1. The van der Waals surface area contributed by atoms with Crippen LogP contribution in [0.25, 0.3) is 0 Å². The van der Waals surface area contributed by atoms with Gasteiger partial charge in [-0.25, -0.2) is 4.98 Å². The Kier molecular flexibility index (Phi) is 2.33. The predicted molar refractivity (Wildman–Crippen MR) is 69.8 cm³/mol. The van der Waals surface area contributed by atoms with Gasteiger partial charge in [0.25, 0.3) is 0 Å². The molecule has 1 aliphatic carbocycles. The van der Waals surface area contributed by atoms with E-state index < -0.39 is 0 Å². The Morgan fingerprint density at radius 1 is 1.44 bits per heavy atom. The number of rotatable bonds is 3. The molecule has 0 radical (unpaired) electrons. The first kappa shape index (κ1) is 11.0. The van der Waals surface area contributed by atoms with Crippen LogP contribution in [0.2, 0.25) is 0 Å². The molecular formula is C14H22N4. The quantitative estimate of drug-likeness (QED) is 0.817. The van der Waals surface area contributed by atoms with E-state index in [2.05, 4.69) is 26.8 Å². The first-order chi connectivity index (χ1) is 8.75. The Hall–Kier alpha value is -0.870. The minimum absolute atomic E-state index is 0.337. The third-order valence-electron chi connectivity index (χ3n) is 5.22. The highest BCUT2D eigenvalue weighted by atomic mass is 15.5. The van der Waals surface area contributed by atoms with Gasteiger partial charge in [-0.05, 0) is 31.1 Å². The highest BCUT2D eigenvalue weighted by Crippen LogP contribution is 2.48. The molecule has 0 aromatic carbocycles. The molecule has 4 unspecified atom stereocenters. The minimum atomic E-state index is 0.337. The van der Waals surface area contributed by atoms with Gasteiger partial charge < -0.3 is 4.57 Å². The molecule has 2 aliphatic heterocycles. The summed E-state index contributed by atoms with van der Waals surface area (Å²) in [4.78, 5) is 6.85. The maximum Gasteiger partial charge on any atom is 0.0945 e. The van der Waals surface area contributed by atoms with Gasteiger partial charge >= 0.3 is 0 Å². The highest BCUT2D eigenvalue weighted by Gasteiger charge is 2.56. The Balaban J connectivity index is 1.44. The van der Waals surface area contributed by atoms with Gasteiger partial charge in [0.15, 0.2) is 0 Å². The summed E-state index contributed by atoms with van der Waals surface area (Å²) >= 11 is 0. The van der Waals surface area contributed by atoms with Crippen molar-refractivity contribution in [3.63, 3.8) is 0 Å². The zero-order chi connectivity index (χ0) is 12.2. The van der Waals surface area contributed by atoms with Crippen LogP contribution in [-0.4, -0.2) is 33.2 Å². The summed E-state index contributed by atoms with van der Waals surface area (Å²) in [5, 5.41) is 3.81. The lowest BCUT2D eigenvalue weighted by Gasteiger charge is -2.22. The summed E-state index contributed by atoms with van der Waals surface area (Å²) in [7, 11) is 2.07. The molecule has 0 amide bonds. The zero-order valence-corrected chi connectivity index (χ0v) is 11.1. The minimum Gasteiger partial charge on any atom is -0.337 e. The normalized spacial score (nSPS) is 41.5.